The van der Waals surface area contributed by atoms with Crippen LogP contribution < -0.4 is 0 Å². The van der Waals surface area contributed by atoms with Crippen LogP contribution in [0, 0.1) is 0 Å². The summed E-state index contributed by atoms with van der Waals surface area (Å²) in [6.45, 7) is 17.3. The molecule has 0 saturated carbocycles. The molecule has 0 atom stereocenters. The van der Waals surface area contributed by atoms with Gasteiger partial charge >= 0.3 is 0 Å². The van der Waals surface area contributed by atoms with Crippen molar-refractivity contribution in [2.45, 2.75) is 162 Å². The standard InChI is InChI=1S/C18H30O3S.C16H36N/c1-2-3-4-5-6-7-8-9-10-11-14-17-15-12-13-16-18(17)22(19,20)21;1-5-9-13-17(14-10-6-2,15-11-7-3)16-12-8-4/h12-13,15-16H,2-11,14H2,1H3,(H,19,20,21);5-16H2,1-4H3/q;+1/p-1. The fraction of sp³-hybridized carbons (Fsp3) is 0.824. The summed E-state index contributed by atoms with van der Waals surface area (Å²) in [4.78, 5) is -0.0501. The van der Waals surface area contributed by atoms with E-state index in [1.807, 2.05) is 0 Å². The van der Waals surface area contributed by atoms with Gasteiger partial charge in [-0.1, -0.05) is 136 Å². The van der Waals surface area contributed by atoms with Crippen molar-refractivity contribution in [3.05, 3.63) is 29.8 Å². The van der Waals surface area contributed by atoms with Crippen molar-refractivity contribution in [2.75, 3.05) is 26.2 Å². The molecule has 0 saturated heterocycles. The zero-order chi connectivity index (χ0) is 29.2. The average Bonchev–Trinajstić information content (AvgIpc) is 2.93. The normalized spacial score (nSPS) is 11.8. The maximum absolute atomic E-state index is 11.2. The number of aryl methyl sites for hydroxylation is 1. The molecule has 1 rings (SSSR count). The molecule has 0 aliphatic heterocycles. The summed E-state index contributed by atoms with van der Waals surface area (Å²) in [6.07, 6.45) is 24.2. The highest BCUT2D eigenvalue weighted by Gasteiger charge is 2.24. The molecule has 0 aromatic heterocycles. The zero-order valence-corrected chi connectivity index (χ0v) is 27.5. The monoisotopic (exact) mass is 567 g/mol. The summed E-state index contributed by atoms with van der Waals surface area (Å²) in [5, 5.41) is 0. The number of benzene rings is 1. The van der Waals surface area contributed by atoms with Gasteiger partial charge in [0, 0.05) is 0 Å². The molecule has 0 spiro atoms. The minimum absolute atomic E-state index is 0.0501. The number of quaternary nitrogens is 1. The first kappa shape index (κ1) is 38.1. The number of rotatable bonds is 24. The van der Waals surface area contributed by atoms with E-state index in [9.17, 15) is 13.0 Å². The van der Waals surface area contributed by atoms with E-state index in [0.29, 0.717) is 12.0 Å². The van der Waals surface area contributed by atoms with Gasteiger partial charge in [-0.15, -0.1) is 0 Å². The fourth-order valence-corrected chi connectivity index (χ4v) is 6.14. The van der Waals surface area contributed by atoms with Gasteiger partial charge in [0.15, 0.2) is 0 Å². The van der Waals surface area contributed by atoms with Crippen LogP contribution in [-0.2, 0) is 16.5 Å². The van der Waals surface area contributed by atoms with Crippen LogP contribution in [0.1, 0.15) is 156 Å². The topological polar surface area (TPSA) is 57.2 Å². The van der Waals surface area contributed by atoms with E-state index < -0.39 is 10.1 Å². The van der Waals surface area contributed by atoms with E-state index in [0.717, 1.165) is 12.8 Å². The van der Waals surface area contributed by atoms with Gasteiger partial charge in [0.1, 0.15) is 10.1 Å². The van der Waals surface area contributed by atoms with Crippen molar-refractivity contribution in [2.24, 2.45) is 0 Å². The zero-order valence-electron chi connectivity index (χ0n) is 26.7. The van der Waals surface area contributed by atoms with Crippen LogP contribution in [0.15, 0.2) is 29.2 Å². The number of nitrogens with zero attached hydrogens (tertiary/aromatic N) is 1. The van der Waals surface area contributed by atoms with E-state index in [4.69, 9.17) is 0 Å². The Morgan fingerprint density at radius 3 is 1.28 bits per heavy atom. The summed E-state index contributed by atoms with van der Waals surface area (Å²) in [5.74, 6) is 0. The van der Waals surface area contributed by atoms with Crippen molar-refractivity contribution >= 4 is 10.1 Å². The predicted molar refractivity (Wildman–Crippen MR) is 169 cm³/mol. The summed E-state index contributed by atoms with van der Waals surface area (Å²) in [6, 6.07) is 6.56. The Morgan fingerprint density at radius 1 is 0.538 bits per heavy atom. The molecule has 0 amide bonds. The molecule has 0 radical (unpaired) electrons. The SMILES string of the molecule is CCCCCCCCCCCCc1ccccc1S(=O)(=O)[O-].CCCC[N+](CCCC)(CCCC)CCCC. The molecule has 230 valence electrons. The Bertz CT molecular complexity index is 741. The van der Waals surface area contributed by atoms with Gasteiger partial charge in [0.25, 0.3) is 0 Å². The highest BCUT2D eigenvalue weighted by molar-refractivity contribution is 7.85. The maximum Gasteiger partial charge on any atom is 0.124 e. The number of hydrogen-bond donors (Lipinski definition) is 0. The van der Waals surface area contributed by atoms with Gasteiger partial charge in [-0.25, -0.2) is 8.42 Å². The molecule has 39 heavy (non-hydrogen) atoms. The van der Waals surface area contributed by atoms with E-state index in [1.165, 1.54) is 139 Å². The van der Waals surface area contributed by atoms with Crippen molar-refractivity contribution in [3.8, 4) is 0 Å². The molecule has 0 aliphatic carbocycles. The molecular formula is C34H65NO3S. The lowest BCUT2D eigenvalue weighted by molar-refractivity contribution is -0.929. The molecule has 0 fully saturated rings. The van der Waals surface area contributed by atoms with Crippen LogP contribution in [0.25, 0.3) is 0 Å². The lowest BCUT2D eigenvalue weighted by atomic mass is 10.0. The maximum atomic E-state index is 11.2. The average molecular weight is 568 g/mol. The van der Waals surface area contributed by atoms with E-state index in [-0.39, 0.29) is 4.90 Å². The summed E-state index contributed by atoms with van der Waals surface area (Å²) in [7, 11) is -4.35. The van der Waals surface area contributed by atoms with Crippen LogP contribution in [0.4, 0.5) is 0 Å². The third-order valence-electron chi connectivity index (χ3n) is 7.99. The third kappa shape index (κ3) is 19.7. The second-order valence-corrected chi connectivity index (χ2v) is 13.0. The van der Waals surface area contributed by atoms with E-state index in [1.54, 1.807) is 18.2 Å². The Kier molecular flexibility index (Phi) is 24.3. The number of hydrogen-bond acceptors (Lipinski definition) is 3. The molecule has 0 bridgehead atoms. The molecule has 4 nitrogen and oxygen atoms in total. The van der Waals surface area contributed by atoms with Crippen molar-refractivity contribution in [1.82, 2.24) is 0 Å². The lowest BCUT2D eigenvalue weighted by Gasteiger charge is -2.39. The van der Waals surface area contributed by atoms with Crippen LogP contribution in [0.2, 0.25) is 0 Å². The predicted octanol–water partition coefficient (Wildman–Crippen LogP) is 10.1. The fourth-order valence-electron chi connectivity index (χ4n) is 5.40. The van der Waals surface area contributed by atoms with Gasteiger partial charge in [-0.3, -0.25) is 0 Å². The van der Waals surface area contributed by atoms with Gasteiger partial charge < -0.3 is 9.04 Å². The first-order valence-electron chi connectivity index (χ1n) is 16.7. The van der Waals surface area contributed by atoms with Crippen LogP contribution in [-0.4, -0.2) is 43.6 Å². The summed E-state index contributed by atoms with van der Waals surface area (Å²) >= 11 is 0. The van der Waals surface area contributed by atoms with Gasteiger partial charge in [-0.05, 0) is 50.2 Å². The Balaban J connectivity index is 0.000000768. The summed E-state index contributed by atoms with van der Waals surface area (Å²) < 4.78 is 35.0. The molecule has 0 unspecified atom stereocenters. The molecule has 0 N–H and O–H groups in total. The quantitative estimate of drug-likeness (QED) is 0.0709. The summed E-state index contributed by atoms with van der Waals surface area (Å²) in [5.41, 5.74) is 0.664. The molecule has 0 heterocycles. The Morgan fingerprint density at radius 2 is 0.897 bits per heavy atom. The minimum atomic E-state index is -4.35. The Hall–Kier alpha value is -0.910. The lowest BCUT2D eigenvalue weighted by Crippen LogP contribution is -2.50. The highest BCUT2D eigenvalue weighted by Crippen LogP contribution is 2.19. The van der Waals surface area contributed by atoms with Gasteiger partial charge in [0.2, 0.25) is 0 Å². The molecule has 5 heteroatoms. The molecule has 1 aromatic rings. The second kappa shape index (κ2) is 24.9. The van der Waals surface area contributed by atoms with Gasteiger partial charge in [-0.2, -0.15) is 0 Å². The van der Waals surface area contributed by atoms with Crippen molar-refractivity contribution < 1.29 is 17.5 Å². The molecule has 1 aromatic carbocycles. The first-order valence-corrected chi connectivity index (χ1v) is 18.1. The van der Waals surface area contributed by atoms with Gasteiger partial charge in [0.05, 0.1) is 31.1 Å². The van der Waals surface area contributed by atoms with Crippen molar-refractivity contribution in [3.63, 3.8) is 0 Å². The van der Waals surface area contributed by atoms with Crippen LogP contribution >= 0.6 is 0 Å². The van der Waals surface area contributed by atoms with Crippen molar-refractivity contribution in [1.29, 1.82) is 0 Å². The van der Waals surface area contributed by atoms with Crippen LogP contribution in [0.5, 0.6) is 0 Å². The Labute approximate surface area is 244 Å². The van der Waals surface area contributed by atoms with Crippen LogP contribution in [0.3, 0.4) is 0 Å². The second-order valence-electron chi connectivity index (χ2n) is 11.6. The third-order valence-corrected chi connectivity index (χ3v) is 8.92. The van der Waals surface area contributed by atoms with E-state index >= 15 is 0 Å². The van der Waals surface area contributed by atoms with E-state index in [2.05, 4.69) is 34.6 Å². The minimum Gasteiger partial charge on any atom is -0.744 e. The largest absolute Gasteiger partial charge is 0.744 e. The number of unbranched alkanes of at least 4 members (excludes halogenated alkanes) is 13. The smallest absolute Gasteiger partial charge is 0.124 e. The highest BCUT2D eigenvalue weighted by atomic mass is 32.2. The first-order chi connectivity index (χ1) is 18.8. The molecular weight excluding hydrogens is 502 g/mol. The molecule has 0 aliphatic rings.